The highest BCUT2D eigenvalue weighted by molar-refractivity contribution is 5.78. The lowest BCUT2D eigenvalue weighted by atomic mass is 10.1. The molecule has 19 heavy (non-hydrogen) atoms. The molecule has 0 saturated heterocycles. The number of benzene rings is 1. The predicted octanol–water partition coefficient (Wildman–Crippen LogP) is 1.89. The Kier molecular flexibility index (Phi) is 6.36. The van der Waals surface area contributed by atoms with Crippen LogP contribution in [0.15, 0.2) is 18.2 Å². The van der Waals surface area contributed by atoms with Crippen LogP contribution in [-0.2, 0) is 17.8 Å². The fraction of sp³-hybridized carbons (Fsp3) is 0.533. The van der Waals surface area contributed by atoms with Gasteiger partial charge in [0.05, 0.1) is 19.6 Å². The van der Waals surface area contributed by atoms with E-state index in [1.165, 1.54) is 5.56 Å². The zero-order valence-corrected chi connectivity index (χ0v) is 11.9. The summed E-state index contributed by atoms with van der Waals surface area (Å²) in [6.45, 7) is 4.28. The summed E-state index contributed by atoms with van der Waals surface area (Å²) in [5, 5.41) is 11.9. The number of ether oxygens (including phenoxy) is 1. The Hall–Kier alpha value is -1.55. The van der Waals surface area contributed by atoms with Crippen molar-refractivity contribution in [3.63, 3.8) is 0 Å². The quantitative estimate of drug-likeness (QED) is 0.791. The van der Waals surface area contributed by atoms with Gasteiger partial charge in [-0.2, -0.15) is 0 Å². The fourth-order valence-electron chi connectivity index (χ4n) is 1.91. The lowest BCUT2D eigenvalue weighted by Crippen LogP contribution is -2.32. The molecule has 1 unspecified atom stereocenters. The van der Waals surface area contributed by atoms with Crippen molar-refractivity contribution >= 4 is 5.91 Å². The highest BCUT2D eigenvalue weighted by atomic mass is 16.5. The van der Waals surface area contributed by atoms with Crippen molar-refractivity contribution < 1.29 is 14.6 Å². The molecule has 1 atom stereocenters. The van der Waals surface area contributed by atoms with Crippen molar-refractivity contribution in [2.75, 3.05) is 13.7 Å². The SMILES string of the molecule is CCc1ccc(OC)c(CNC(=O)C(CC)CO)c1. The Balaban J connectivity index is 2.73. The van der Waals surface area contributed by atoms with E-state index >= 15 is 0 Å². The van der Waals surface area contributed by atoms with Crippen LogP contribution in [0.4, 0.5) is 0 Å². The first-order valence-corrected chi connectivity index (χ1v) is 6.70. The molecule has 2 N–H and O–H groups in total. The van der Waals surface area contributed by atoms with Crippen LogP contribution in [0, 0.1) is 5.92 Å². The van der Waals surface area contributed by atoms with Gasteiger partial charge in [-0.25, -0.2) is 0 Å². The summed E-state index contributed by atoms with van der Waals surface area (Å²) in [5.41, 5.74) is 2.17. The second-order valence-corrected chi connectivity index (χ2v) is 4.51. The molecule has 0 aliphatic rings. The monoisotopic (exact) mass is 265 g/mol. The number of rotatable bonds is 7. The number of aryl methyl sites for hydroxylation is 1. The van der Waals surface area contributed by atoms with Crippen LogP contribution in [0.1, 0.15) is 31.4 Å². The summed E-state index contributed by atoms with van der Waals surface area (Å²) in [6.07, 6.45) is 1.58. The van der Waals surface area contributed by atoms with Gasteiger partial charge in [0.25, 0.3) is 0 Å². The predicted molar refractivity (Wildman–Crippen MR) is 75.1 cm³/mol. The van der Waals surface area contributed by atoms with Crippen LogP contribution >= 0.6 is 0 Å². The van der Waals surface area contributed by atoms with Crippen LogP contribution in [0.5, 0.6) is 5.75 Å². The molecule has 0 aromatic heterocycles. The Labute approximate surface area is 114 Å². The summed E-state index contributed by atoms with van der Waals surface area (Å²) in [7, 11) is 1.62. The van der Waals surface area contributed by atoms with Crippen molar-refractivity contribution in [3.05, 3.63) is 29.3 Å². The van der Waals surface area contributed by atoms with E-state index in [1.54, 1.807) is 7.11 Å². The standard InChI is InChI=1S/C15H23NO3/c1-4-11-6-7-14(19-3)13(8-11)9-16-15(18)12(5-2)10-17/h6-8,12,17H,4-5,9-10H2,1-3H3,(H,16,18). The maximum absolute atomic E-state index is 11.8. The van der Waals surface area contributed by atoms with E-state index in [4.69, 9.17) is 9.84 Å². The molecule has 0 heterocycles. The van der Waals surface area contributed by atoms with Gasteiger partial charge >= 0.3 is 0 Å². The van der Waals surface area contributed by atoms with Crippen molar-refractivity contribution in [2.24, 2.45) is 5.92 Å². The molecule has 0 bridgehead atoms. The minimum atomic E-state index is -0.333. The number of methoxy groups -OCH3 is 1. The number of carbonyl (C=O) groups is 1. The molecule has 0 aliphatic heterocycles. The second-order valence-electron chi connectivity index (χ2n) is 4.51. The third-order valence-corrected chi connectivity index (χ3v) is 3.29. The maximum atomic E-state index is 11.8. The molecule has 1 aromatic carbocycles. The summed E-state index contributed by atoms with van der Waals surface area (Å²) in [6, 6.07) is 5.98. The van der Waals surface area contributed by atoms with Crippen LogP contribution in [-0.4, -0.2) is 24.7 Å². The van der Waals surface area contributed by atoms with Gasteiger partial charge in [-0.05, 0) is 24.5 Å². The molecule has 4 nitrogen and oxygen atoms in total. The van der Waals surface area contributed by atoms with Crippen LogP contribution in [0.3, 0.4) is 0 Å². The Morgan fingerprint density at radius 2 is 2.16 bits per heavy atom. The van der Waals surface area contributed by atoms with E-state index in [-0.39, 0.29) is 18.4 Å². The topological polar surface area (TPSA) is 58.6 Å². The van der Waals surface area contributed by atoms with Crippen LogP contribution in [0.2, 0.25) is 0 Å². The highest BCUT2D eigenvalue weighted by Crippen LogP contribution is 2.20. The molecular weight excluding hydrogens is 242 g/mol. The Morgan fingerprint density at radius 1 is 1.42 bits per heavy atom. The number of aliphatic hydroxyl groups is 1. The minimum absolute atomic E-state index is 0.117. The largest absolute Gasteiger partial charge is 0.496 e. The molecular formula is C15H23NO3. The van der Waals surface area contributed by atoms with Gasteiger partial charge in [-0.1, -0.05) is 26.0 Å². The van der Waals surface area contributed by atoms with E-state index in [2.05, 4.69) is 12.2 Å². The molecule has 106 valence electrons. The van der Waals surface area contributed by atoms with Crippen LogP contribution < -0.4 is 10.1 Å². The number of hydrogen-bond donors (Lipinski definition) is 2. The Morgan fingerprint density at radius 3 is 2.68 bits per heavy atom. The minimum Gasteiger partial charge on any atom is -0.496 e. The molecule has 1 aromatic rings. The summed E-state index contributed by atoms with van der Waals surface area (Å²) in [5.74, 6) is 0.323. The van der Waals surface area contributed by atoms with Crippen molar-refractivity contribution in [3.8, 4) is 5.75 Å². The van der Waals surface area contributed by atoms with E-state index in [0.717, 1.165) is 17.7 Å². The first-order chi connectivity index (χ1) is 9.15. The summed E-state index contributed by atoms with van der Waals surface area (Å²) in [4.78, 5) is 11.8. The van der Waals surface area contributed by atoms with Gasteiger partial charge in [-0.3, -0.25) is 4.79 Å². The molecule has 0 spiro atoms. The summed E-state index contributed by atoms with van der Waals surface area (Å²) < 4.78 is 5.29. The Bertz CT molecular complexity index is 414. The molecule has 0 fully saturated rings. The fourth-order valence-corrected chi connectivity index (χ4v) is 1.91. The molecule has 4 heteroatoms. The second kappa shape index (κ2) is 7.79. The lowest BCUT2D eigenvalue weighted by molar-refractivity contribution is -0.126. The van der Waals surface area contributed by atoms with E-state index < -0.39 is 0 Å². The third kappa shape index (κ3) is 4.24. The van der Waals surface area contributed by atoms with Gasteiger partial charge in [0.15, 0.2) is 0 Å². The normalized spacial score (nSPS) is 12.0. The van der Waals surface area contributed by atoms with Gasteiger partial charge in [0.2, 0.25) is 5.91 Å². The first kappa shape index (κ1) is 15.5. The van der Waals surface area contributed by atoms with Crippen molar-refractivity contribution in [1.82, 2.24) is 5.32 Å². The highest BCUT2D eigenvalue weighted by Gasteiger charge is 2.15. The number of hydrogen-bond acceptors (Lipinski definition) is 3. The van der Waals surface area contributed by atoms with E-state index in [1.807, 2.05) is 25.1 Å². The molecule has 0 radical (unpaired) electrons. The zero-order chi connectivity index (χ0) is 14.3. The average molecular weight is 265 g/mol. The zero-order valence-electron chi connectivity index (χ0n) is 11.9. The van der Waals surface area contributed by atoms with E-state index in [9.17, 15) is 4.79 Å². The number of amides is 1. The number of aliphatic hydroxyl groups excluding tert-OH is 1. The van der Waals surface area contributed by atoms with Crippen molar-refractivity contribution in [1.29, 1.82) is 0 Å². The van der Waals surface area contributed by atoms with Crippen LogP contribution in [0.25, 0.3) is 0 Å². The van der Waals surface area contributed by atoms with E-state index in [0.29, 0.717) is 13.0 Å². The maximum Gasteiger partial charge on any atom is 0.225 e. The lowest BCUT2D eigenvalue weighted by Gasteiger charge is -2.14. The van der Waals surface area contributed by atoms with Gasteiger partial charge in [0.1, 0.15) is 5.75 Å². The third-order valence-electron chi connectivity index (χ3n) is 3.29. The molecule has 1 rings (SSSR count). The van der Waals surface area contributed by atoms with Gasteiger partial charge in [0, 0.05) is 12.1 Å². The number of carbonyl (C=O) groups excluding carboxylic acids is 1. The first-order valence-electron chi connectivity index (χ1n) is 6.70. The molecule has 0 saturated carbocycles. The van der Waals surface area contributed by atoms with Gasteiger partial charge < -0.3 is 15.2 Å². The molecule has 0 aliphatic carbocycles. The van der Waals surface area contributed by atoms with Gasteiger partial charge in [-0.15, -0.1) is 0 Å². The number of nitrogens with one attached hydrogen (secondary N) is 1. The smallest absolute Gasteiger partial charge is 0.225 e. The summed E-state index contributed by atoms with van der Waals surface area (Å²) >= 11 is 0. The molecule has 1 amide bonds. The average Bonchev–Trinajstić information content (AvgIpc) is 2.45. The van der Waals surface area contributed by atoms with Crippen molar-refractivity contribution in [2.45, 2.75) is 33.2 Å².